The second-order valence-corrected chi connectivity index (χ2v) is 9.68. The first kappa shape index (κ1) is 21.6. The van der Waals surface area contributed by atoms with Crippen molar-refractivity contribution < 1.29 is 4.74 Å². The Morgan fingerprint density at radius 3 is 2.75 bits per heavy atom. The first-order valence-electron chi connectivity index (χ1n) is 10.6. The lowest BCUT2D eigenvalue weighted by Gasteiger charge is -2.11. The molecule has 0 atom stereocenters. The van der Waals surface area contributed by atoms with Crippen LogP contribution in [-0.2, 0) is 26.5 Å². The van der Waals surface area contributed by atoms with E-state index >= 15 is 0 Å². The molecule has 0 bridgehead atoms. The van der Waals surface area contributed by atoms with Crippen LogP contribution in [-0.4, -0.2) is 22.2 Å². The van der Waals surface area contributed by atoms with Crippen LogP contribution in [0.2, 0.25) is 5.02 Å². The van der Waals surface area contributed by atoms with Crippen LogP contribution in [0.1, 0.15) is 16.8 Å². The summed E-state index contributed by atoms with van der Waals surface area (Å²) >= 11 is 8.50. The smallest absolute Gasteiger partial charge is 0.258 e. The fourth-order valence-electron chi connectivity index (χ4n) is 4.41. The molecule has 2 aromatic carbocycles. The minimum Gasteiger partial charge on any atom is -0.489 e. The Morgan fingerprint density at radius 2 is 1.94 bits per heavy atom. The highest BCUT2D eigenvalue weighted by Gasteiger charge is 2.17. The van der Waals surface area contributed by atoms with E-state index in [2.05, 4.69) is 51.7 Å². The van der Waals surface area contributed by atoms with Gasteiger partial charge in [-0.3, -0.25) is 9.36 Å². The van der Waals surface area contributed by atoms with E-state index in [-0.39, 0.29) is 5.56 Å². The van der Waals surface area contributed by atoms with Crippen LogP contribution in [0.15, 0.2) is 59.5 Å². The summed E-state index contributed by atoms with van der Waals surface area (Å²) in [6, 6.07) is 15.4. The second-order valence-electron chi connectivity index (χ2n) is 8.03. The zero-order valence-electron chi connectivity index (χ0n) is 17.7. The number of halogens is 2. The number of nitrogens with zero attached hydrogens (tertiary/aromatic N) is 2. The van der Waals surface area contributed by atoms with Gasteiger partial charge < -0.3 is 14.6 Å². The van der Waals surface area contributed by atoms with Gasteiger partial charge in [-0.1, -0.05) is 23.7 Å². The number of fused-ring (bicyclic) bond motifs is 3. The van der Waals surface area contributed by atoms with E-state index in [1.807, 2.05) is 30.3 Å². The molecule has 5 rings (SSSR count). The molecule has 1 N–H and O–H groups in total. The van der Waals surface area contributed by atoms with Crippen molar-refractivity contribution in [1.82, 2.24) is 14.5 Å². The fraction of sp³-hybridized carbons (Fsp3) is 0.240. The highest BCUT2D eigenvalue weighted by Crippen LogP contribution is 2.29. The van der Waals surface area contributed by atoms with Gasteiger partial charge in [-0.25, -0.2) is 0 Å². The van der Waals surface area contributed by atoms with Gasteiger partial charge in [-0.05, 0) is 71.5 Å². The monoisotopic (exact) mass is 559 g/mol. The number of pyridine rings is 1. The molecule has 0 spiro atoms. The number of rotatable bonds is 4. The summed E-state index contributed by atoms with van der Waals surface area (Å²) < 4.78 is 10.8. The van der Waals surface area contributed by atoms with Crippen molar-refractivity contribution in [3.05, 3.63) is 90.5 Å². The first-order chi connectivity index (χ1) is 15.5. The molecule has 0 radical (unpaired) electrons. The van der Waals surface area contributed by atoms with Crippen molar-refractivity contribution in [3.63, 3.8) is 0 Å². The summed E-state index contributed by atoms with van der Waals surface area (Å²) in [5, 5.41) is 5.41. The Hall–Kier alpha value is -2.29. The Morgan fingerprint density at radius 1 is 1.09 bits per heavy atom. The predicted molar refractivity (Wildman–Crippen MR) is 137 cm³/mol. The highest BCUT2D eigenvalue weighted by molar-refractivity contribution is 14.1. The molecule has 0 amide bonds. The van der Waals surface area contributed by atoms with Crippen molar-refractivity contribution in [1.29, 1.82) is 0 Å². The van der Waals surface area contributed by atoms with Crippen molar-refractivity contribution in [2.75, 3.05) is 13.1 Å². The van der Waals surface area contributed by atoms with E-state index in [9.17, 15) is 4.79 Å². The molecule has 0 aliphatic carbocycles. The minimum absolute atomic E-state index is 0.129. The number of ether oxygens (including phenoxy) is 1. The summed E-state index contributed by atoms with van der Waals surface area (Å²) in [7, 11) is 2.12. The zero-order valence-corrected chi connectivity index (χ0v) is 20.6. The molecule has 4 aromatic rings. The summed E-state index contributed by atoms with van der Waals surface area (Å²) in [6.07, 6.45) is 3.82. The van der Waals surface area contributed by atoms with Gasteiger partial charge >= 0.3 is 0 Å². The molecule has 0 fully saturated rings. The third-order valence-electron chi connectivity index (χ3n) is 6.09. The summed E-state index contributed by atoms with van der Waals surface area (Å²) in [5.41, 5.74) is 5.58. The van der Waals surface area contributed by atoms with Crippen molar-refractivity contribution in [3.8, 4) is 11.4 Å². The molecule has 0 unspecified atom stereocenters. The van der Waals surface area contributed by atoms with Crippen LogP contribution in [0, 0.1) is 3.57 Å². The fourth-order valence-corrected chi connectivity index (χ4v) is 5.32. The lowest BCUT2D eigenvalue weighted by Crippen LogP contribution is -2.17. The van der Waals surface area contributed by atoms with Crippen LogP contribution >= 0.6 is 34.2 Å². The molecule has 32 heavy (non-hydrogen) atoms. The van der Waals surface area contributed by atoms with Gasteiger partial charge in [0, 0.05) is 57.5 Å². The number of benzene rings is 2. The van der Waals surface area contributed by atoms with E-state index < -0.39 is 0 Å². The first-order valence-corrected chi connectivity index (χ1v) is 12.1. The molecule has 5 nitrogen and oxygen atoms in total. The molecule has 0 saturated heterocycles. The van der Waals surface area contributed by atoms with Crippen LogP contribution in [0.25, 0.3) is 16.6 Å². The van der Waals surface area contributed by atoms with Gasteiger partial charge in [0.25, 0.3) is 5.56 Å². The van der Waals surface area contributed by atoms with E-state index in [4.69, 9.17) is 16.3 Å². The maximum Gasteiger partial charge on any atom is 0.258 e. The van der Waals surface area contributed by atoms with Gasteiger partial charge in [0.05, 0.1) is 11.2 Å². The molecule has 1 aliphatic heterocycles. The third-order valence-corrected chi connectivity index (χ3v) is 7.11. The van der Waals surface area contributed by atoms with E-state index in [1.165, 1.54) is 22.7 Å². The maximum atomic E-state index is 12.9. The third kappa shape index (κ3) is 4.07. The SMILES string of the molecule is Cn1c2c(c3ccc(-n4ccc(OCc5ccc(I)cc5Cl)cc4=O)cc31)CCNCC2. The molecule has 164 valence electrons. The van der Waals surface area contributed by atoms with Gasteiger partial charge in [0.2, 0.25) is 0 Å². The highest BCUT2D eigenvalue weighted by atomic mass is 127. The van der Waals surface area contributed by atoms with Gasteiger partial charge in [-0.15, -0.1) is 0 Å². The average Bonchev–Trinajstić information content (AvgIpc) is 2.93. The second kappa shape index (κ2) is 8.92. The Balaban J connectivity index is 1.42. The largest absolute Gasteiger partial charge is 0.489 e. The molecule has 2 aromatic heterocycles. The van der Waals surface area contributed by atoms with Gasteiger partial charge in [0.15, 0.2) is 0 Å². The van der Waals surface area contributed by atoms with Crippen LogP contribution in [0.4, 0.5) is 0 Å². The topological polar surface area (TPSA) is 48.2 Å². The number of hydrogen-bond donors (Lipinski definition) is 1. The van der Waals surface area contributed by atoms with E-state index in [0.717, 1.165) is 46.3 Å². The summed E-state index contributed by atoms with van der Waals surface area (Å²) in [5.74, 6) is 0.528. The Bertz CT molecular complexity index is 1380. The lowest BCUT2D eigenvalue weighted by atomic mass is 10.1. The summed E-state index contributed by atoms with van der Waals surface area (Å²) in [6.45, 7) is 2.31. The maximum absolute atomic E-state index is 12.9. The molecule has 1 aliphatic rings. The molecule has 0 saturated carbocycles. The minimum atomic E-state index is -0.129. The summed E-state index contributed by atoms with van der Waals surface area (Å²) in [4.78, 5) is 12.9. The van der Waals surface area contributed by atoms with Crippen molar-refractivity contribution in [2.45, 2.75) is 19.4 Å². The Labute approximate surface area is 205 Å². The van der Waals surface area contributed by atoms with Crippen LogP contribution in [0.3, 0.4) is 0 Å². The molecule has 7 heteroatoms. The number of aryl methyl sites for hydroxylation is 1. The average molecular weight is 560 g/mol. The number of hydrogen-bond acceptors (Lipinski definition) is 3. The molecule has 3 heterocycles. The van der Waals surface area contributed by atoms with Crippen molar-refractivity contribution in [2.24, 2.45) is 7.05 Å². The zero-order chi connectivity index (χ0) is 22.2. The quantitative estimate of drug-likeness (QED) is 0.364. The van der Waals surface area contributed by atoms with Crippen molar-refractivity contribution >= 4 is 45.1 Å². The van der Waals surface area contributed by atoms with Crippen LogP contribution in [0.5, 0.6) is 5.75 Å². The normalized spacial score (nSPS) is 13.7. The standard InChI is InChI=1S/C25H23ClIN3O2/c1-29-23-7-10-28-9-6-21(23)20-5-4-18(13-24(20)29)30-11-8-19(14-25(30)31)32-15-16-2-3-17(27)12-22(16)26/h2-5,8,11-14,28H,6-7,9-10,15H2,1H3. The Kier molecular flexibility index (Phi) is 6.01. The molecular weight excluding hydrogens is 537 g/mol. The van der Waals surface area contributed by atoms with E-state index in [0.29, 0.717) is 17.4 Å². The van der Waals surface area contributed by atoms with Gasteiger partial charge in [0.1, 0.15) is 12.4 Å². The molecular formula is C25H23ClIN3O2. The van der Waals surface area contributed by atoms with Crippen LogP contribution < -0.4 is 15.6 Å². The number of nitrogens with one attached hydrogen (secondary N) is 1. The van der Waals surface area contributed by atoms with E-state index in [1.54, 1.807) is 10.8 Å². The number of aromatic nitrogens is 2. The predicted octanol–water partition coefficient (Wildman–Crippen LogP) is 4.85. The van der Waals surface area contributed by atoms with Gasteiger partial charge in [-0.2, -0.15) is 0 Å². The lowest BCUT2D eigenvalue weighted by molar-refractivity contribution is 0.305.